The van der Waals surface area contributed by atoms with Crippen molar-refractivity contribution in [2.45, 2.75) is 26.3 Å². The molecule has 4 nitrogen and oxygen atoms in total. The van der Waals surface area contributed by atoms with E-state index < -0.39 is 0 Å². The minimum atomic E-state index is -0.0247. The van der Waals surface area contributed by atoms with E-state index in [0.29, 0.717) is 19.5 Å². The molecule has 0 saturated carbocycles. The second-order valence-electron chi connectivity index (χ2n) is 4.10. The van der Waals surface area contributed by atoms with Crippen molar-refractivity contribution in [3.8, 4) is 0 Å². The van der Waals surface area contributed by atoms with Gasteiger partial charge in [-0.1, -0.05) is 12.1 Å². The number of amides is 1. The molecule has 0 aliphatic heterocycles. The highest BCUT2D eigenvalue weighted by Crippen LogP contribution is 2.11. The van der Waals surface area contributed by atoms with Crippen LogP contribution in [-0.4, -0.2) is 25.0 Å². The third-order valence-corrected chi connectivity index (χ3v) is 2.48. The largest absolute Gasteiger partial charge is 0.381 e. The van der Waals surface area contributed by atoms with Gasteiger partial charge in [0.25, 0.3) is 0 Å². The third-order valence-electron chi connectivity index (χ3n) is 2.48. The van der Waals surface area contributed by atoms with Crippen LogP contribution in [-0.2, 0) is 4.79 Å². The number of carbonyl (C=O) groups is 1. The van der Waals surface area contributed by atoms with E-state index in [-0.39, 0.29) is 11.9 Å². The van der Waals surface area contributed by atoms with Gasteiger partial charge in [-0.05, 0) is 31.5 Å². The van der Waals surface area contributed by atoms with Crippen LogP contribution in [0.15, 0.2) is 24.3 Å². The second-order valence-corrected chi connectivity index (χ2v) is 4.10. The number of rotatable bonds is 6. The molecule has 0 spiro atoms. The lowest BCUT2D eigenvalue weighted by molar-refractivity contribution is -0.121. The quantitative estimate of drug-likeness (QED) is 0.695. The molecule has 1 rings (SSSR count). The van der Waals surface area contributed by atoms with E-state index in [1.54, 1.807) is 0 Å². The van der Waals surface area contributed by atoms with Crippen molar-refractivity contribution in [1.82, 2.24) is 5.32 Å². The highest BCUT2D eigenvalue weighted by Gasteiger charge is 2.11. The predicted octanol–water partition coefficient (Wildman–Crippen LogP) is 1.26. The Balaban J connectivity index is 2.54. The lowest BCUT2D eigenvalue weighted by Gasteiger charge is -2.17. The van der Waals surface area contributed by atoms with Crippen molar-refractivity contribution in [2.75, 3.05) is 18.4 Å². The first-order valence-electron chi connectivity index (χ1n) is 5.95. The Kier molecular flexibility index (Phi) is 5.49. The Hall–Kier alpha value is -1.55. The zero-order valence-corrected chi connectivity index (χ0v) is 10.5. The van der Waals surface area contributed by atoms with E-state index >= 15 is 0 Å². The standard InChI is InChI=1S/C13H21N3O/c1-3-15-13(17)8-12(9-14)16-11-6-4-5-10(2)7-11/h4-7,12,16H,3,8-9,14H2,1-2H3,(H,15,17). The summed E-state index contributed by atoms with van der Waals surface area (Å²) in [6, 6.07) is 8.01. The smallest absolute Gasteiger partial charge is 0.222 e. The van der Waals surface area contributed by atoms with E-state index in [9.17, 15) is 4.79 Å². The molecule has 1 aromatic rings. The zero-order chi connectivity index (χ0) is 12.7. The van der Waals surface area contributed by atoms with Crippen molar-refractivity contribution < 1.29 is 4.79 Å². The summed E-state index contributed by atoms with van der Waals surface area (Å²) >= 11 is 0. The van der Waals surface area contributed by atoms with Gasteiger partial charge < -0.3 is 16.4 Å². The molecule has 0 aliphatic carbocycles. The maximum absolute atomic E-state index is 11.5. The summed E-state index contributed by atoms with van der Waals surface area (Å²) in [6.07, 6.45) is 0.401. The molecule has 17 heavy (non-hydrogen) atoms. The maximum Gasteiger partial charge on any atom is 0.222 e. The molecule has 4 N–H and O–H groups in total. The van der Waals surface area contributed by atoms with Gasteiger partial charge in [0, 0.05) is 31.2 Å². The van der Waals surface area contributed by atoms with Gasteiger partial charge in [-0.15, -0.1) is 0 Å². The van der Waals surface area contributed by atoms with E-state index in [1.807, 2.05) is 38.1 Å². The fourth-order valence-electron chi connectivity index (χ4n) is 1.66. The fraction of sp³-hybridized carbons (Fsp3) is 0.462. The Morgan fingerprint density at radius 2 is 2.24 bits per heavy atom. The Labute approximate surface area is 103 Å². The normalized spacial score (nSPS) is 11.9. The molecule has 0 radical (unpaired) electrons. The Morgan fingerprint density at radius 1 is 1.47 bits per heavy atom. The molecule has 0 aliphatic rings. The molecule has 0 aromatic heterocycles. The number of hydrogen-bond donors (Lipinski definition) is 3. The number of aryl methyl sites for hydroxylation is 1. The number of nitrogens with one attached hydrogen (secondary N) is 2. The number of anilines is 1. The Bertz CT molecular complexity index is 365. The molecule has 1 unspecified atom stereocenters. The van der Waals surface area contributed by atoms with Crippen LogP contribution in [0.3, 0.4) is 0 Å². The van der Waals surface area contributed by atoms with E-state index in [4.69, 9.17) is 5.73 Å². The summed E-state index contributed by atoms with van der Waals surface area (Å²) in [6.45, 7) is 5.03. The summed E-state index contributed by atoms with van der Waals surface area (Å²) in [4.78, 5) is 11.5. The number of carbonyl (C=O) groups excluding carboxylic acids is 1. The minimum Gasteiger partial charge on any atom is -0.381 e. The van der Waals surface area contributed by atoms with Gasteiger partial charge in [0.15, 0.2) is 0 Å². The van der Waals surface area contributed by atoms with Crippen LogP contribution < -0.4 is 16.4 Å². The van der Waals surface area contributed by atoms with Gasteiger partial charge in [0.05, 0.1) is 0 Å². The number of benzene rings is 1. The van der Waals surface area contributed by atoms with E-state index in [0.717, 1.165) is 5.69 Å². The lowest BCUT2D eigenvalue weighted by atomic mass is 10.1. The molecule has 0 saturated heterocycles. The fourth-order valence-corrected chi connectivity index (χ4v) is 1.66. The molecule has 94 valence electrons. The first-order valence-corrected chi connectivity index (χ1v) is 5.95. The molecule has 1 aromatic carbocycles. The van der Waals surface area contributed by atoms with Crippen molar-refractivity contribution >= 4 is 11.6 Å². The molecule has 0 heterocycles. The van der Waals surface area contributed by atoms with Crippen molar-refractivity contribution in [1.29, 1.82) is 0 Å². The average Bonchev–Trinajstić information content (AvgIpc) is 2.28. The second kappa shape index (κ2) is 6.91. The van der Waals surface area contributed by atoms with Gasteiger partial charge >= 0.3 is 0 Å². The molecule has 4 heteroatoms. The highest BCUT2D eigenvalue weighted by atomic mass is 16.1. The van der Waals surface area contributed by atoms with Gasteiger partial charge in [-0.25, -0.2) is 0 Å². The third kappa shape index (κ3) is 4.87. The van der Waals surface area contributed by atoms with Gasteiger partial charge in [-0.3, -0.25) is 4.79 Å². The molecular weight excluding hydrogens is 214 g/mol. The molecule has 0 fully saturated rings. The van der Waals surface area contributed by atoms with E-state index in [2.05, 4.69) is 10.6 Å². The molecule has 1 amide bonds. The van der Waals surface area contributed by atoms with Crippen molar-refractivity contribution in [3.63, 3.8) is 0 Å². The monoisotopic (exact) mass is 235 g/mol. The molecule has 1 atom stereocenters. The summed E-state index contributed by atoms with van der Waals surface area (Å²) in [5.74, 6) is 0.0307. The van der Waals surface area contributed by atoms with E-state index in [1.165, 1.54) is 5.56 Å². The zero-order valence-electron chi connectivity index (χ0n) is 10.5. The predicted molar refractivity (Wildman–Crippen MR) is 70.9 cm³/mol. The number of nitrogens with two attached hydrogens (primary N) is 1. The van der Waals surface area contributed by atoms with Crippen LogP contribution in [0.1, 0.15) is 18.9 Å². The van der Waals surface area contributed by atoms with Crippen molar-refractivity contribution in [3.05, 3.63) is 29.8 Å². The van der Waals surface area contributed by atoms with Crippen LogP contribution in [0, 0.1) is 6.92 Å². The molecular formula is C13H21N3O. The van der Waals surface area contributed by atoms with Gasteiger partial charge in [0.1, 0.15) is 0 Å². The van der Waals surface area contributed by atoms with Gasteiger partial charge in [0.2, 0.25) is 5.91 Å². The minimum absolute atomic E-state index is 0.0247. The summed E-state index contributed by atoms with van der Waals surface area (Å²) in [7, 11) is 0. The highest BCUT2D eigenvalue weighted by molar-refractivity contribution is 5.77. The summed E-state index contributed by atoms with van der Waals surface area (Å²) < 4.78 is 0. The SMILES string of the molecule is CCNC(=O)CC(CN)Nc1cccc(C)c1. The first kappa shape index (κ1) is 13.5. The summed E-state index contributed by atoms with van der Waals surface area (Å²) in [5, 5.41) is 6.05. The average molecular weight is 235 g/mol. The van der Waals surface area contributed by atoms with Crippen LogP contribution in [0.25, 0.3) is 0 Å². The summed E-state index contributed by atoms with van der Waals surface area (Å²) in [5.41, 5.74) is 7.85. The maximum atomic E-state index is 11.5. The Morgan fingerprint density at radius 3 is 2.82 bits per heavy atom. The van der Waals surface area contributed by atoms with Crippen molar-refractivity contribution in [2.24, 2.45) is 5.73 Å². The lowest BCUT2D eigenvalue weighted by Crippen LogP contribution is -2.35. The van der Waals surface area contributed by atoms with Crippen LogP contribution in [0.4, 0.5) is 5.69 Å². The molecule has 0 bridgehead atoms. The number of hydrogen-bond acceptors (Lipinski definition) is 3. The van der Waals surface area contributed by atoms with Gasteiger partial charge in [-0.2, -0.15) is 0 Å². The van der Waals surface area contributed by atoms with Crippen LogP contribution >= 0.6 is 0 Å². The topological polar surface area (TPSA) is 67.2 Å². The van der Waals surface area contributed by atoms with Crippen LogP contribution in [0.2, 0.25) is 0 Å². The first-order chi connectivity index (χ1) is 8.15. The van der Waals surface area contributed by atoms with Crippen LogP contribution in [0.5, 0.6) is 0 Å².